The molecule has 1 saturated carbocycles. The molecule has 0 radical (unpaired) electrons. The fourth-order valence-electron chi connectivity index (χ4n) is 5.43. The number of aliphatic hydroxyl groups excluding tert-OH is 1. The van der Waals surface area contributed by atoms with E-state index in [2.05, 4.69) is 39.5 Å². The van der Waals surface area contributed by atoms with Crippen LogP contribution in [0.2, 0.25) is 0 Å². The fourth-order valence-corrected chi connectivity index (χ4v) is 5.43. The number of amides is 1. The van der Waals surface area contributed by atoms with Crippen LogP contribution in [0.3, 0.4) is 0 Å². The summed E-state index contributed by atoms with van der Waals surface area (Å²) in [6.45, 7) is 5.15. The van der Waals surface area contributed by atoms with Crippen molar-refractivity contribution >= 4 is 16.8 Å². The van der Waals surface area contributed by atoms with Gasteiger partial charge in [-0.25, -0.2) is 0 Å². The van der Waals surface area contributed by atoms with Crippen molar-refractivity contribution < 1.29 is 14.6 Å². The zero-order chi connectivity index (χ0) is 20.8. The first-order valence-electron chi connectivity index (χ1n) is 11.4. The normalized spacial score (nSPS) is 29.7. The Labute approximate surface area is 178 Å². The van der Waals surface area contributed by atoms with Crippen LogP contribution >= 0.6 is 0 Å². The molecule has 162 valence electrons. The molecule has 3 fully saturated rings. The van der Waals surface area contributed by atoms with Crippen LogP contribution in [0, 0.1) is 5.92 Å². The third-order valence-corrected chi connectivity index (χ3v) is 7.70. The number of likely N-dealkylation sites (tertiary alicyclic amines) is 1. The van der Waals surface area contributed by atoms with Crippen LogP contribution in [0.1, 0.15) is 51.0 Å². The van der Waals surface area contributed by atoms with Gasteiger partial charge in [0.1, 0.15) is 6.10 Å². The average molecular weight is 412 g/mol. The lowest BCUT2D eigenvalue weighted by Gasteiger charge is -2.52. The third kappa shape index (κ3) is 3.66. The monoisotopic (exact) mass is 411 g/mol. The van der Waals surface area contributed by atoms with Crippen molar-refractivity contribution in [2.45, 2.75) is 69.2 Å². The molecule has 2 atom stereocenters. The topological polar surface area (TPSA) is 77.6 Å². The summed E-state index contributed by atoms with van der Waals surface area (Å²) in [6, 6.07) is 8.59. The minimum Gasteiger partial charge on any atom is -0.388 e. The molecule has 2 aromatic rings. The third-order valence-electron chi connectivity index (χ3n) is 7.70. The number of hydrogen-bond acceptors (Lipinski definition) is 4. The zero-order valence-electron chi connectivity index (χ0n) is 17.8. The molecule has 2 saturated heterocycles. The number of aliphatic hydroxyl groups is 1. The van der Waals surface area contributed by atoms with E-state index in [1.54, 1.807) is 0 Å². The van der Waals surface area contributed by atoms with Crippen LogP contribution < -0.4 is 5.32 Å². The van der Waals surface area contributed by atoms with Crippen molar-refractivity contribution in [2.24, 2.45) is 5.92 Å². The van der Waals surface area contributed by atoms with Crippen LogP contribution in [-0.2, 0) is 16.1 Å². The molecule has 3 heterocycles. The molecule has 6 heteroatoms. The van der Waals surface area contributed by atoms with Gasteiger partial charge in [-0.3, -0.25) is 9.69 Å². The van der Waals surface area contributed by atoms with Gasteiger partial charge in [-0.2, -0.15) is 0 Å². The molecule has 2 aliphatic heterocycles. The quantitative estimate of drug-likeness (QED) is 0.723. The van der Waals surface area contributed by atoms with Gasteiger partial charge in [-0.1, -0.05) is 18.6 Å². The lowest BCUT2D eigenvalue weighted by Crippen LogP contribution is -2.66. The summed E-state index contributed by atoms with van der Waals surface area (Å²) in [5.41, 5.74) is 1.67. The molecule has 6 nitrogen and oxygen atoms in total. The van der Waals surface area contributed by atoms with Crippen LogP contribution in [-0.4, -0.2) is 57.8 Å². The molecule has 1 aromatic carbocycles. The number of H-pyrrole nitrogens is 1. The summed E-state index contributed by atoms with van der Waals surface area (Å²) in [5.74, 6) is 0.239. The summed E-state index contributed by atoms with van der Waals surface area (Å²) >= 11 is 0. The minimum absolute atomic E-state index is 0.108. The predicted octanol–water partition coefficient (Wildman–Crippen LogP) is 2.96. The number of piperidine rings is 1. The van der Waals surface area contributed by atoms with E-state index in [1.807, 2.05) is 13.1 Å². The maximum atomic E-state index is 12.6. The number of aromatic nitrogens is 1. The molecule has 0 unspecified atom stereocenters. The number of nitrogens with one attached hydrogen (secondary N) is 2. The highest BCUT2D eigenvalue weighted by atomic mass is 16.5. The van der Waals surface area contributed by atoms with Gasteiger partial charge in [0.25, 0.3) is 0 Å². The Kier molecular flexibility index (Phi) is 5.12. The minimum atomic E-state index is -0.656. The van der Waals surface area contributed by atoms with E-state index >= 15 is 0 Å². The van der Waals surface area contributed by atoms with Crippen molar-refractivity contribution in [1.82, 2.24) is 15.2 Å². The van der Waals surface area contributed by atoms with Crippen molar-refractivity contribution in [1.29, 1.82) is 0 Å². The zero-order valence-corrected chi connectivity index (χ0v) is 17.8. The van der Waals surface area contributed by atoms with E-state index in [0.29, 0.717) is 13.0 Å². The molecular formula is C24H33N3O3. The number of benzene rings is 1. The number of carbonyl (C=O) groups is 1. The first-order chi connectivity index (χ1) is 14.5. The number of rotatable bonds is 4. The highest BCUT2D eigenvalue weighted by Crippen LogP contribution is 2.40. The number of nitrogens with zero attached hydrogens (tertiary/aromatic N) is 1. The van der Waals surface area contributed by atoms with E-state index in [9.17, 15) is 9.90 Å². The highest BCUT2D eigenvalue weighted by molar-refractivity contribution is 5.82. The SMILES string of the molecule is C[C@]1(NC(=O)C2CCC2)CC2(CCN(Cc3cccc4[nH]ccc34)CC2)OC[C@@H]1O. The van der Waals surface area contributed by atoms with E-state index in [-0.39, 0.29) is 17.4 Å². The molecule has 1 aliphatic carbocycles. The van der Waals surface area contributed by atoms with E-state index < -0.39 is 11.6 Å². The molecular weight excluding hydrogens is 378 g/mol. The van der Waals surface area contributed by atoms with Crippen molar-refractivity contribution in [3.05, 3.63) is 36.0 Å². The second-order valence-corrected chi connectivity index (χ2v) is 9.85. The predicted molar refractivity (Wildman–Crippen MR) is 116 cm³/mol. The molecule has 1 amide bonds. The Bertz CT molecular complexity index is 913. The Morgan fingerprint density at radius 1 is 1.30 bits per heavy atom. The summed E-state index contributed by atoms with van der Waals surface area (Å²) in [5, 5.41) is 15.1. The second kappa shape index (κ2) is 7.66. The van der Waals surface area contributed by atoms with Crippen molar-refractivity contribution in [3.63, 3.8) is 0 Å². The first-order valence-corrected chi connectivity index (χ1v) is 11.4. The Morgan fingerprint density at radius 3 is 2.83 bits per heavy atom. The van der Waals surface area contributed by atoms with Gasteiger partial charge < -0.3 is 20.1 Å². The molecule has 3 aliphatic rings. The molecule has 0 bridgehead atoms. The van der Waals surface area contributed by atoms with Crippen LogP contribution in [0.25, 0.3) is 10.9 Å². The van der Waals surface area contributed by atoms with Crippen LogP contribution in [0.15, 0.2) is 30.5 Å². The first kappa shape index (κ1) is 20.0. The standard InChI is InChI=1S/C24H33N3O3/c1-23(26-22(29)17-4-2-5-17)16-24(30-15-21(23)28)9-12-27(13-10-24)14-18-6-3-7-20-19(18)8-11-25-20/h3,6-8,11,17,21,25,28H,2,4-5,9-10,12-16H2,1H3,(H,26,29)/t21-,23-/m0/s1. The highest BCUT2D eigenvalue weighted by Gasteiger charge is 2.50. The van der Waals surface area contributed by atoms with Gasteiger partial charge >= 0.3 is 0 Å². The lowest BCUT2D eigenvalue weighted by molar-refractivity contribution is -0.182. The summed E-state index contributed by atoms with van der Waals surface area (Å²) < 4.78 is 6.22. The van der Waals surface area contributed by atoms with Gasteiger partial charge in [0.2, 0.25) is 5.91 Å². The maximum absolute atomic E-state index is 12.6. The van der Waals surface area contributed by atoms with Gasteiger partial charge in [0, 0.05) is 49.1 Å². The Balaban J connectivity index is 1.23. The second-order valence-electron chi connectivity index (χ2n) is 9.85. The van der Waals surface area contributed by atoms with Gasteiger partial charge in [-0.05, 0) is 50.3 Å². The number of carbonyl (C=O) groups excluding carboxylic acids is 1. The van der Waals surface area contributed by atoms with E-state index in [1.165, 1.54) is 16.5 Å². The summed E-state index contributed by atoms with van der Waals surface area (Å²) in [6.07, 6.45) is 6.97. The number of aromatic amines is 1. The molecule has 3 N–H and O–H groups in total. The fraction of sp³-hybridized carbons (Fsp3) is 0.625. The smallest absolute Gasteiger partial charge is 0.223 e. The number of ether oxygens (including phenoxy) is 1. The van der Waals surface area contributed by atoms with E-state index in [4.69, 9.17) is 4.74 Å². The van der Waals surface area contributed by atoms with Crippen LogP contribution in [0.4, 0.5) is 0 Å². The van der Waals surface area contributed by atoms with Crippen molar-refractivity contribution in [2.75, 3.05) is 19.7 Å². The Hall–Kier alpha value is -1.89. The summed E-state index contributed by atoms with van der Waals surface area (Å²) in [4.78, 5) is 18.4. The lowest BCUT2D eigenvalue weighted by atomic mass is 9.74. The molecule has 1 aromatic heterocycles. The van der Waals surface area contributed by atoms with E-state index in [0.717, 1.165) is 51.7 Å². The molecule has 30 heavy (non-hydrogen) atoms. The van der Waals surface area contributed by atoms with Crippen LogP contribution in [0.5, 0.6) is 0 Å². The van der Waals surface area contributed by atoms with Gasteiger partial charge in [0.15, 0.2) is 0 Å². The van der Waals surface area contributed by atoms with Gasteiger partial charge in [0.05, 0.1) is 17.7 Å². The molecule has 1 spiro atoms. The summed E-state index contributed by atoms with van der Waals surface area (Å²) in [7, 11) is 0. The van der Waals surface area contributed by atoms with Crippen molar-refractivity contribution in [3.8, 4) is 0 Å². The maximum Gasteiger partial charge on any atom is 0.223 e. The van der Waals surface area contributed by atoms with Gasteiger partial charge in [-0.15, -0.1) is 0 Å². The average Bonchev–Trinajstić information content (AvgIpc) is 3.15. The number of fused-ring (bicyclic) bond motifs is 1. The number of hydrogen-bond donors (Lipinski definition) is 3. The Morgan fingerprint density at radius 2 is 2.10 bits per heavy atom. The largest absolute Gasteiger partial charge is 0.388 e. The molecule has 5 rings (SSSR count).